The van der Waals surface area contributed by atoms with Gasteiger partial charge < -0.3 is 4.98 Å². The number of H-pyrrole nitrogens is 1. The lowest BCUT2D eigenvalue weighted by atomic mass is 10.1. The van der Waals surface area contributed by atoms with Crippen molar-refractivity contribution >= 4 is 33.1 Å². The van der Waals surface area contributed by atoms with Gasteiger partial charge in [-0.15, -0.1) is 0 Å². The van der Waals surface area contributed by atoms with Gasteiger partial charge in [-0.3, -0.25) is 4.79 Å². The number of hydrogen-bond donors (Lipinski definition) is 1. The molecule has 1 aromatic heterocycles. The summed E-state index contributed by atoms with van der Waals surface area (Å²) in [6.45, 7) is 0. The Hall–Kier alpha value is -1.09. The number of aromatic nitrogens is 1. The predicted octanol–water partition coefficient (Wildman–Crippen LogP) is 3.62. The largest absolute Gasteiger partial charge is 0.358 e. The number of aromatic amines is 1. The molecule has 2 nitrogen and oxygen atoms in total. The fourth-order valence-electron chi connectivity index (χ4n) is 2.03. The molecular formula is C12H10BrNO. The van der Waals surface area contributed by atoms with Crippen LogP contribution in [-0.4, -0.2) is 11.3 Å². The van der Waals surface area contributed by atoms with Crippen LogP contribution in [0.5, 0.6) is 0 Å². The van der Waals surface area contributed by atoms with Crippen LogP contribution < -0.4 is 0 Å². The van der Waals surface area contributed by atoms with E-state index in [0.29, 0.717) is 5.92 Å². The smallest absolute Gasteiger partial charge is 0.152 e. The van der Waals surface area contributed by atoms with Crippen molar-refractivity contribution < 1.29 is 4.79 Å². The second kappa shape index (κ2) is 3.20. The summed E-state index contributed by atoms with van der Waals surface area (Å²) in [6, 6.07) is 6.00. The summed E-state index contributed by atoms with van der Waals surface area (Å²) in [7, 11) is 0. The number of carbonyl (C=O) groups is 1. The molecule has 1 N–H and O–H groups in total. The molecule has 0 unspecified atom stereocenters. The highest BCUT2D eigenvalue weighted by Gasteiger charge is 2.28. The molecule has 76 valence electrons. The van der Waals surface area contributed by atoms with Crippen molar-refractivity contribution in [1.29, 1.82) is 0 Å². The zero-order chi connectivity index (χ0) is 10.4. The number of benzene rings is 1. The van der Waals surface area contributed by atoms with E-state index in [4.69, 9.17) is 0 Å². The summed E-state index contributed by atoms with van der Waals surface area (Å²) in [5.74, 6) is 0.580. The van der Waals surface area contributed by atoms with E-state index in [0.717, 1.165) is 32.9 Å². The zero-order valence-corrected chi connectivity index (χ0v) is 9.67. The fraction of sp³-hybridized carbons (Fsp3) is 0.250. The standard InChI is InChI=1S/C12H10BrNO/c13-8-3-4-11-9(5-8)10(6-15)12(14-11)7-1-2-7/h3-7,14H,1-2H2. The van der Waals surface area contributed by atoms with E-state index < -0.39 is 0 Å². The van der Waals surface area contributed by atoms with Gasteiger partial charge in [0.15, 0.2) is 6.29 Å². The van der Waals surface area contributed by atoms with Crippen molar-refractivity contribution in [1.82, 2.24) is 4.98 Å². The Labute approximate surface area is 95.8 Å². The molecule has 1 aliphatic carbocycles. The van der Waals surface area contributed by atoms with Gasteiger partial charge in [0.1, 0.15) is 0 Å². The van der Waals surface area contributed by atoms with Gasteiger partial charge in [0, 0.05) is 26.6 Å². The number of rotatable bonds is 2. The summed E-state index contributed by atoms with van der Waals surface area (Å²) < 4.78 is 1.01. The van der Waals surface area contributed by atoms with Crippen molar-refractivity contribution in [3.8, 4) is 0 Å². The molecule has 1 aliphatic rings. The van der Waals surface area contributed by atoms with E-state index in [2.05, 4.69) is 20.9 Å². The van der Waals surface area contributed by atoms with E-state index >= 15 is 0 Å². The average molecular weight is 264 g/mol. The molecule has 15 heavy (non-hydrogen) atoms. The van der Waals surface area contributed by atoms with E-state index in [1.54, 1.807) is 0 Å². The van der Waals surface area contributed by atoms with Gasteiger partial charge in [-0.2, -0.15) is 0 Å². The number of hydrogen-bond acceptors (Lipinski definition) is 1. The molecule has 0 bridgehead atoms. The normalized spacial score (nSPS) is 15.8. The van der Waals surface area contributed by atoms with Crippen molar-refractivity contribution in [3.63, 3.8) is 0 Å². The lowest BCUT2D eigenvalue weighted by Crippen LogP contribution is -1.85. The Morgan fingerprint density at radius 2 is 2.20 bits per heavy atom. The van der Waals surface area contributed by atoms with Crippen LogP contribution in [-0.2, 0) is 0 Å². The number of nitrogens with one attached hydrogen (secondary N) is 1. The highest BCUT2D eigenvalue weighted by atomic mass is 79.9. The minimum Gasteiger partial charge on any atom is -0.358 e. The monoisotopic (exact) mass is 263 g/mol. The SMILES string of the molecule is O=Cc1c(C2CC2)[nH]c2ccc(Br)cc12. The minimum absolute atomic E-state index is 0.580. The lowest BCUT2D eigenvalue weighted by molar-refractivity contribution is 0.112. The highest BCUT2D eigenvalue weighted by Crippen LogP contribution is 2.42. The Morgan fingerprint density at radius 3 is 2.87 bits per heavy atom. The van der Waals surface area contributed by atoms with Gasteiger partial charge >= 0.3 is 0 Å². The molecule has 1 heterocycles. The van der Waals surface area contributed by atoms with Crippen LogP contribution >= 0.6 is 15.9 Å². The van der Waals surface area contributed by atoms with Gasteiger partial charge in [0.2, 0.25) is 0 Å². The topological polar surface area (TPSA) is 32.9 Å². The molecule has 3 rings (SSSR count). The first-order chi connectivity index (χ1) is 7.29. The predicted molar refractivity (Wildman–Crippen MR) is 63.4 cm³/mol. The molecule has 0 amide bonds. The number of aldehydes is 1. The highest BCUT2D eigenvalue weighted by molar-refractivity contribution is 9.10. The van der Waals surface area contributed by atoms with Crippen molar-refractivity contribution in [2.45, 2.75) is 18.8 Å². The molecule has 0 atom stereocenters. The second-order valence-corrected chi connectivity index (χ2v) is 4.95. The van der Waals surface area contributed by atoms with E-state index in [1.807, 2.05) is 18.2 Å². The summed E-state index contributed by atoms with van der Waals surface area (Å²) in [6.07, 6.45) is 3.38. The molecule has 1 fully saturated rings. The van der Waals surface area contributed by atoms with Crippen LogP contribution in [0.4, 0.5) is 0 Å². The summed E-state index contributed by atoms with van der Waals surface area (Å²) >= 11 is 3.43. The molecule has 0 spiro atoms. The van der Waals surface area contributed by atoms with Crippen LogP contribution in [0, 0.1) is 0 Å². The van der Waals surface area contributed by atoms with Crippen molar-refractivity contribution in [2.75, 3.05) is 0 Å². The Bertz CT molecular complexity index is 540. The van der Waals surface area contributed by atoms with Gasteiger partial charge in [0.05, 0.1) is 0 Å². The maximum Gasteiger partial charge on any atom is 0.152 e. The maximum absolute atomic E-state index is 11.1. The number of carbonyl (C=O) groups excluding carboxylic acids is 1. The van der Waals surface area contributed by atoms with Gasteiger partial charge in [-0.1, -0.05) is 15.9 Å². The van der Waals surface area contributed by atoms with Crippen LogP contribution in [0.2, 0.25) is 0 Å². The first kappa shape index (κ1) is 9.16. The lowest BCUT2D eigenvalue weighted by Gasteiger charge is -1.93. The third-order valence-corrected chi connectivity index (χ3v) is 3.43. The molecule has 0 saturated heterocycles. The van der Waals surface area contributed by atoms with Crippen molar-refractivity contribution in [2.24, 2.45) is 0 Å². The van der Waals surface area contributed by atoms with Gasteiger partial charge in [-0.25, -0.2) is 0 Å². The molecule has 2 aromatic rings. The van der Waals surface area contributed by atoms with Crippen LogP contribution in [0.15, 0.2) is 22.7 Å². The molecule has 0 aliphatic heterocycles. The summed E-state index contributed by atoms with van der Waals surface area (Å²) in [5, 5.41) is 1.03. The Kier molecular flexibility index (Phi) is 1.96. The summed E-state index contributed by atoms with van der Waals surface area (Å²) in [5.41, 5.74) is 3.02. The van der Waals surface area contributed by atoms with E-state index in [9.17, 15) is 4.79 Å². The molecule has 1 saturated carbocycles. The maximum atomic E-state index is 11.1. The molecule has 0 radical (unpaired) electrons. The second-order valence-electron chi connectivity index (χ2n) is 4.03. The van der Waals surface area contributed by atoms with Gasteiger partial charge in [0.25, 0.3) is 0 Å². The fourth-order valence-corrected chi connectivity index (χ4v) is 2.39. The van der Waals surface area contributed by atoms with Crippen molar-refractivity contribution in [3.05, 3.63) is 33.9 Å². The van der Waals surface area contributed by atoms with Crippen LogP contribution in [0.1, 0.15) is 34.8 Å². The van der Waals surface area contributed by atoms with E-state index in [1.165, 1.54) is 12.8 Å². The molecule has 3 heteroatoms. The van der Waals surface area contributed by atoms with E-state index in [-0.39, 0.29) is 0 Å². The molecular weight excluding hydrogens is 254 g/mol. The summed E-state index contributed by atoms with van der Waals surface area (Å²) in [4.78, 5) is 14.5. The Morgan fingerprint density at radius 1 is 1.40 bits per heavy atom. The third-order valence-electron chi connectivity index (χ3n) is 2.93. The zero-order valence-electron chi connectivity index (χ0n) is 8.09. The first-order valence-corrected chi connectivity index (χ1v) is 5.85. The molecule has 1 aromatic carbocycles. The number of fused-ring (bicyclic) bond motifs is 1. The quantitative estimate of drug-likeness (QED) is 0.825. The van der Waals surface area contributed by atoms with Crippen LogP contribution in [0.3, 0.4) is 0 Å². The average Bonchev–Trinajstić information content (AvgIpc) is 3.00. The van der Waals surface area contributed by atoms with Crippen LogP contribution in [0.25, 0.3) is 10.9 Å². The number of halogens is 1. The third kappa shape index (κ3) is 1.42. The van der Waals surface area contributed by atoms with Gasteiger partial charge in [-0.05, 0) is 37.0 Å². The minimum atomic E-state index is 0.580. The first-order valence-electron chi connectivity index (χ1n) is 5.06. The Balaban J connectivity index is 2.32.